The fraction of sp³-hybridized carbons (Fsp3) is 0.316. The first-order valence-corrected chi connectivity index (χ1v) is 8.47. The molecule has 3 aromatic rings. The second-order valence-corrected chi connectivity index (χ2v) is 7.10. The van der Waals surface area contributed by atoms with Crippen LogP contribution in [-0.2, 0) is 0 Å². The fourth-order valence-electron chi connectivity index (χ4n) is 3.66. The Morgan fingerprint density at radius 2 is 1.96 bits per heavy atom. The van der Waals surface area contributed by atoms with Gasteiger partial charge in [-0.25, -0.2) is 9.78 Å². The lowest BCUT2D eigenvalue weighted by atomic mass is 9.91. The molecular weight excluding hydrogens is 314 g/mol. The van der Waals surface area contributed by atoms with Gasteiger partial charge in [0.05, 0.1) is 6.20 Å². The summed E-state index contributed by atoms with van der Waals surface area (Å²) in [5, 5.41) is 7.21. The molecule has 0 bridgehead atoms. The van der Waals surface area contributed by atoms with E-state index in [2.05, 4.69) is 53.5 Å². The van der Waals surface area contributed by atoms with Crippen molar-refractivity contribution in [2.75, 3.05) is 11.9 Å². The van der Waals surface area contributed by atoms with Crippen molar-refractivity contribution >= 4 is 17.5 Å². The van der Waals surface area contributed by atoms with Crippen molar-refractivity contribution in [1.29, 1.82) is 0 Å². The van der Waals surface area contributed by atoms with E-state index < -0.39 is 0 Å². The van der Waals surface area contributed by atoms with Gasteiger partial charge in [-0.2, -0.15) is 9.61 Å². The van der Waals surface area contributed by atoms with Crippen LogP contribution in [0.25, 0.3) is 5.65 Å². The molecule has 4 rings (SSSR count). The molecule has 0 aliphatic carbocycles. The molecule has 1 aliphatic rings. The summed E-state index contributed by atoms with van der Waals surface area (Å²) in [6.07, 6.45) is 4.29. The highest BCUT2D eigenvalue weighted by Crippen LogP contribution is 2.38. The summed E-state index contributed by atoms with van der Waals surface area (Å²) in [7, 11) is 0. The Morgan fingerprint density at radius 3 is 2.76 bits per heavy atom. The Balaban J connectivity index is 1.56. The largest absolute Gasteiger partial charge is 0.323 e. The van der Waals surface area contributed by atoms with Gasteiger partial charge in [0.2, 0.25) is 0 Å². The SMILES string of the molecule is CC1(C)CC(c2ccccc2)CN1C(=O)Nc1ccnc2ccnn12. The van der Waals surface area contributed by atoms with Gasteiger partial charge in [-0.3, -0.25) is 5.32 Å². The molecule has 1 unspecified atom stereocenters. The molecule has 6 nitrogen and oxygen atoms in total. The first-order chi connectivity index (χ1) is 12.0. The zero-order valence-electron chi connectivity index (χ0n) is 14.4. The van der Waals surface area contributed by atoms with Crippen LogP contribution in [0, 0.1) is 0 Å². The third-order valence-corrected chi connectivity index (χ3v) is 4.92. The quantitative estimate of drug-likeness (QED) is 0.779. The maximum absolute atomic E-state index is 12.9. The molecule has 1 aromatic carbocycles. The number of aromatic nitrogens is 3. The third kappa shape index (κ3) is 2.84. The van der Waals surface area contributed by atoms with Gasteiger partial charge in [0.1, 0.15) is 5.82 Å². The summed E-state index contributed by atoms with van der Waals surface area (Å²) < 4.78 is 1.63. The zero-order valence-corrected chi connectivity index (χ0v) is 14.4. The van der Waals surface area contributed by atoms with Crippen LogP contribution in [0.15, 0.2) is 54.9 Å². The molecule has 0 spiro atoms. The van der Waals surface area contributed by atoms with E-state index in [1.807, 2.05) is 11.0 Å². The number of fused-ring (bicyclic) bond motifs is 1. The van der Waals surface area contributed by atoms with Crippen LogP contribution in [-0.4, -0.2) is 37.6 Å². The van der Waals surface area contributed by atoms with Crippen LogP contribution in [0.1, 0.15) is 31.7 Å². The molecule has 0 saturated carbocycles. The predicted octanol–water partition coefficient (Wildman–Crippen LogP) is 3.53. The molecule has 3 heterocycles. The van der Waals surface area contributed by atoms with Crippen molar-refractivity contribution < 1.29 is 4.79 Å². The Labute approximate surface area is 146 Å². The Morgan fingerprint density at radius 1 is 1.16 bits per heavy atom. The lowest BCUT2D eigenvalue weighted by Gasteiger charge is -2.31. The molecule has 128 valence electrons. The molecule has 1 N–H and O–H groups in total. The number of nitrogens with one attached hydrogen (secondary N) is 1. The smallest absolute Gasteiger partial charge is 0.319 e. The van der Waals surface area contributed by atoms with E-state index in [1.165, 1.54) is 5.56 Å². The van der Waals surface area contributed by atoms with Crippen LogP contribution >= 0.6 is 0 Å². The van der Waals surface area contributed by atoms with E-state index in [-0.39, 0.29) is 11.6 Å². The van der Waals surface area contributed by atoms with E-state index in [4.69, 9.17) is 0 Å². The molecule has 2 aromatic heterocycles. The van der Waals surface area contributed by atoms with Crippen LogP contribution < -0.4 is 5.32 Å². The van der Waals surface area contributed by atoms with Gasteiger partial charge in [0.15, 0.2) is 5.65 Å². The minimum absolute atomic E-state index is 0.105. The number of likely N-dealkylation sites (tertiary alicyclic amines) is 1. The number of hydrogen-bond donors (Lipinski definition) is 1. The molecule has 1 fully saturated rings. The Bertz CT molecular complexity index is 902. The summed E-state index contributed by atoms with van der Waals surface area (Å²) in [6, 6.07) is 13.9. The van der Waals surface area contributed by atoms with Gasteiger partial charge in [0.25, 0.3) is 0 Å². The molecule has 6 heteroatoms. The van der Waals surface area contributed by atoms with Crippen molar-refractivity contribution in [3.05, 3.63) is 60.4 Å². The molecule has 2 amide bonds. The standard InChI is InChI=1S/C19H21N5O/c1-19(2)12-15(14-6-4-3-5-7-14)13-23(19)18(25)22-17-8-10-20-16-9-11-21-24(16)17/h3-11,15H,12-13H2,1-2H3,(H,22,25). The number of carbonyl (C=O) groups is 1. The number of rotatable bonds is 2. The summed E-state index contributed by atoms with van der Waals surface area (Å²) >= 11 is 0. The second kappa shape index (κ2) is 5.88. The molecule has 1 saturated heterocycles. The van der Waals surface area contributed by atoms with Crippen LogP contribution in [0.5, 0.6) is 0 Å². The lowest BCUT2D eigenvalue weighted by Crippen LogP contribution is -2.45. The topological polar surface area (TPSA) is 62.5 Å². The van der Waals surface area contributed by atoms with Gasteiger partial charge in [0, 0.05) is 30.3 Å². The fourth-order valence-corrected chi connectivity index (χ4v) is 3.66. The average molecular weight is 335 g/mol. The Hall–Kier alpha value is -2.89. The molecule has 1 aliphatic heterocycles. The summed E-state index contributed by atoms with van der Waals surface area (Å²) in [5.74, 6) is 0.975. The number of urea groups is 1. The van der Waals surface area contributed by atoms with E-state index in [0.717, 1.165) is 6.42 Å². The Kier molecular flexibility index (Phi) is 3.67. The predicted molar refractivity (Wildman–Crippen MR) is 96.6 cm³/mol. The first-order valence-electron chi connectivity index (χ1n) is 8.47. The summed E-state index contributed by atoms with van der Waals surface area (Å²) in [6.45, 7) is 4.94. The summed E-state index contributed by atoms with van der Waals surface area (Å²) in [5.41, 5.74) is 1.78. The third-order valence-electron chi connectivity index (χ3n) is 4.92. The van der Waals surface area contributed by atoms with Crippen molar-refractivity contribution in [3.8, 4) is 0 Å². The van der Waals surface area contributed by atoms with Crippen molar-refractivity contribution in [3.63, 3.8) is 0 Å². The zero-order chi connectivity index (χ0) is 17.4. The normalized spacial score (nSPS) is 19.3. The highest BCUT2D eigenvalue weighted by Gasteiger charge is 2.41. The van der Waals surface area contributed by atoms with Crippen LogP contribution in [0.2, 0.25) is 0 Å². The van der Waals surface area contributed by atoms with Crippen molar-refractivity contribution in [2.45, 2.75) is 31.7 Å². The molecular formula is C19H21N5O. The van der Waals surface area contributed by atoms with Crippen LogP contribution in [0.4, 0.5) is 10.6 Å². The van der Waals surface area contributed by atoms with Gasteiger partial charge in [-0.1, -0.05) is 30.3 Å². The van der Waals surface area contributed by atoms with Crippen molar-refractivity contribution in [1.82, 2.24) is 19.5 Å². The minimum Gasteiger partial charge on any atom is -0.319 e. The number of anilines is 1. The number of amides is 2. The number of carbonyl (C=O) groups excluding carboxylic acids is 1. The van der Waals surface area contributed by atoms with E-state index >= 15 is 0 Å². The minimum atomic E-state index is -0.207. The molecule has 1 atom stereocenters. The number of nitrogens with zero attached hydrogens (tertiary/aromatic N) is 4. The maximum Gasteiger partial charge on any atom is 0.323 e. The number of benzene rings is 1. The van der Waals surface area contributed by atoms with Crippen molar-refractivity contribution in [2.24, 2.45) is 0 Å². The van der Waals surface area contributed by atoms with Gasteiger partial charge < -0.3 is 4.90 Å². The first kappa shape index (κ1) is 15.6. The van der Waals surface area contributed by atoms with Crippen LogP contribution in [0.3, 0.4) is 0 Å². The monoisotopic (exact) mass is 335 g/mol. The lowest BCUT2D eigenvalue weighted by molar-refractivity contribution is 0.178. The summed E-state index contributed by atoms with van der Waals surface area (Å²) in [4.78, 5) is 19.1. The van der Waals surface area contributed by atoms with Gasteiger partial charge in [-0.15, -0.1) is 0 Å². The van der Waals surface area contributed by atoms with Gasteiger partial charge in [-0.05, 0) is 31.9 Å². The highest BCUT2D eigenvalue weighted by atomic mass is 16.2. The molecule has 0 radical (unpaired) electrons. The van der Waals surface area contributed by atoms with E-state index in [9.17, 15) is 4.79 Å². The van der Waals surface area contributed by atoms with E-state index in [1.54, 1.807) is 29.0 Å². The van der Waals surface area contributed by atoms with E-state index in [0.29, 0.717) is 23.9 Å². The average Bonchev–Trinajstić information content (AvgIpc) is 3.20. The molecule has 25 heavy (non-hydrogen) atoms. The number of hydrogen-bond acceptors (Lipinski definition) is 3. The highest BCUT2D eigenvalue weighted by molar-refractivity contribution is 5.89. The maximum atomic E-state index is 12.9. The van der Waals surface area contributed by atoms with Gasteiger partial charge >= 0.3 is 6.03 Å². The second-order valence-electron chi connectivity index (χ2n) is 7.10.